The van der Waals surface area contributed by atoms with Crippen LogP contribution in [0.5, 0.6) is 0 Å². The van der Waals surface area contributed by atoms with Gasteiger partial charge in [-0.25, -0.2) is 8.93 Å². The van der Waals surface area contributed by atoms with Gasteiger partial charge in [-0.1, -0.05) is 24.3 Å². The summed E-state index contributed by atoms with van der Waals surface area (Å²) in [5.41, 5.74) is 3.41. The number of nitrogens with zero attached hydrogens (tertiary/aromatic N) is 3. The van der Waals surface area contributed by atoms with Crippen molar-refractivity contribution in [2.75, 3.05) is 0 Å². The Balaban J connectivity index is 2.17. The highest BCUT2D eigenvalue weighted by atomic mass is 32.2. The lowest BCUT2D eigenvalue weighted by Gasteiger charge is -2.31. The number of benzene rings is 1. The van der Waals surface area contributed by atoms with E-state index in [1.807, 2.05) is 75.6 Å². The van der Waals surface area contributed by atoms with Gasteiger partial charge in [0.2, 0.25) is 0 Å². The van der Waals surface area contributed by atoms with Crippen molar-refractivity contribution >= 4 is 11.0 Å². The van der Waals surface area contributed by atoms with Crippen LogP contribution in [0.1, 0.15) is 55.0 Å². The molecule has 3 rings (SSSR count). The number of nitriles is 1. The summed E-state index contributed by atoms with van der Waals surface area (Å²) in [6.07, 6.45) is 7.10. The molecule has 0 saturated heterocycles. The monoisotopic (exact) mass is 404 g/mol. The largest absolute Gasteiger partial charge is 0.264 e. The van der Waals surface area contributed by atoms with Crippen molar-refractivity contribution < 1.29 is 4.21 Å². The number of aromatic nitrogens is 2. The van der Waals surface area contributed by atoms with Gasteiger partial charge in [0.1, 0.15) is 0 Å². The van der Waals surface area contributed by atoms with Crippen molar-refractivity contribution in [3.8, 4) is 6.07 Å². The second kappa shape index (κ2) is 9.08. The minimum Gasteiger partial charge on any atom is -0.264 e. The minimum atomic E-state index is -1.32. The maximum atomic E-state index is 13.1. The van der Waals surface area contributed by atoms with Crippen LogP contribution >= 0.6 is 0 Å². The van der Waals surface area contributed by atoms with Gasteiger partial charge in [-0.2, -0.15) is 5.26 Å². The number of pyridine rings is 2. The highest BCUT2D eigenvalue weighted by Gasteiger charge is 2.31. The molecule has 148 valence electrons. The van der Waals surface area contributed by atoms with Gasteiger partial charge in [-0.05, 0) is 61.7 Å². The van der Waals surface area contributed by atoms with Crippen molar-refractivity contribution in [1.82, 2.24) is 14.7 Å². The molecule has 5 nitrogen and oxygen atoms in total. The Morgan fingerprint density at radius 3 is 2.03 bits per heavy atom. The van der Waals surface area contributed by atoms with E-state index in [2.05, 4.69) is 20.8 Å². The summed E-state index contributed by atoms with van der Waals surface area (Å²) in [6, 6.07) is 17.1. The molecule has 0 saturated carbocycles. The Bertz CT molecular complexity index is 971. The molecule has 2 atom stereocenters. The maximum absolute atomic E-state index is 13.1. The maximum Gasteiger partial charge on any atom is 0.0991 e. The molecule has 0 spiro atoms. The molecule has 0 aliphatic heterocycles. The summed E-state index contributed by atoms with van der Waals surface area (Å²) in [7, 11) is -1.32. The molecule has 1 N–H and O–H groups in total. The van der Waals surface area contributed by atoms with Gasteiger partial charge < -0.3 is 0 Å². The fourth-order valence-corrected chi connectivity index (χ4v) is 3.98. The fourth-order valence-electron chi connectivity index (χ4n) is 3.12. The van der Waals surface area contributed by atoms with E-state index in [1.54, 1.807) is 18.5 Å². The van der Waals surface area contributed by atoms with E-state index in [0.29, 0.717) is 5.56 Å². The van der Waals surface area contributed by atoms with Gasteiger partial charge in [0, 0.05) is 30.7 Å². The van der Waals surface area contributed by atoms with Gasteiger partial charge in [0.05, 0.1) is 33.4 Å². The Morgan fingerprint density at radius 1 is 0.966 bits per heavy atom. The first-order chi connectivity index (χ1) is 13.9. The van der Waals surface area contributed by atoms with E-state index in [1.165, 1.54) is 0 Å². The second-order valence-corrected chi connectivity index (χ2v) is 9.76. The predicted molar refractivity (Wildman–Crippen MR) is 115 cm³/mol. The van der Waals surface area contributed by atoms with Gasteiger partial charge in [-0.3, -0.25) is 9.97 Å². The summed E-state index contributed by atoms with van der Waals surface area (Å²) < 4.78 is 16.0. The number of hydrogen-bond acceptors (Lipinski definition) is 4. The molecule has 0 aliphatic carbocycles. The zero-order valence-electron chi connectivity index (χ0n) is 16.7. The van der Waals surface area contributed by atoms with Crippen LogP contribution in [0, 0.1) is 11.3 Å². The van der Waals surface area contributed by atoms with Gasteiger partial charge >= 0.3 is 0 Å². The molecular weight excluding hydrogens is 380 g/mol. The summed E-state index contributed by atoms with van der Waals surface area (Å²) in [5.74, 6) is -0.183. The Kier molecular flexibility index (Phi) is 6.53. The molecule has 0 aliphatic rings. The van der Waals surface area contributed by atoms with E-state index in [-0.39, 0.29) is 12.0 Å². The third-order valence-corrected chi connectivity index (χ3v) is 6.17. The molecule has 6 heteroatoms. The van der Waals surface area contributed by atoms with Crippen LogP contribution in [0.15, 0.2) is 73.3 Å². The lowest BCUT2D eigenvalue weighted by molar-refractivity contribution is 0.555. The van der Waals surface area contributed by atoms with Gasteiger partial charge in [0.25, 0.3) is 0 Å². The van der Waals surface area contributed by atoms with Gasteiger partial charge in [0.15, 0.2) is 0 Å². The molecule has 0 radical (unpaired) electrons. The van der Waals surface area contributed by atoms with Crippen LogP contribution in [-0.2, 0) is 11.0 Å². The van der Waals surface area contributed by atoms with Gasteiger partial charge in [-0.15, -0.1) is 0 Å². The third kappa shape index (κ3) is 5.14. The highest BCUT2D eigenvalue weighted by molar-refractivity contribution is 7.84. The van der Waals surface area contributed by atoms with E-state index < -0.39 is 15.7 Å². The lowest BCUT2D eigenvalue weighted by Crippen LogP contribution is -2.38. The van der Waals surface area contributed by atoms with Crippen LogP contribution in [0.4, 0.5) is 0 Å². The number of nitrogens with one attached hydrogen (secondary N) is 1. The minimum absolute atomic E-state index is 0.183. The highest BCUT2D eigenvalue weighted by Crippen LogP contribution is 2.37. The number of rotatable bonds is 6. The molecule has 1 aromatic carbocycles. The van der Waals surface area contributed by atoms with Crippen LogP contribution < -0.4 is 4.72 Å². The van der Waals surface area contributed by atoms with Crippen molar-refractivity contribution in [3.63, 3.8) is 0 Å². The van der Waals surface area contributed by atoms with E-state index in [9.17, 15) is 9.47 Å². The van der Waals surface area contributed by atoms with Crippen LogP contribution in [0.3, 0.4) is 0 Å². The molecule has 2 unspecified atom stereocenters. The van der Waals surface area contributed by atoms with Crippen molar-refractivity contribution in [3.05, 3.63) is 95.6 Å². The number of hydrogen-bond donors (Lipinski definition) is 1. The first-order valence-electron chi connectivity index (χ1n) is 9.38. The van der Waals surface area contributed by atoms with Crippen LogP contribution in [-0.4, -0.2) is 18.9 Å². The van der Waals surface area contributed by atoms with Crippen molar-refractivity contribution in [1.29, 1.82) is 5.26 Å². The smallest absolute Gasteiger partial charge is 0.0991 e. The van der Waals surface area contributed by atoms with Crippen LogP contribution in [0.25, 0.3) is 0 Å². The summed E-state index contributed by atoms with van der Waals surface area (Å²) >= 11 is 0. The third-order valence-electron chi connectivity index (χ3n) is 4.59. The van der Waals surface area contributed by atoms with Crippen molar-refractivity contribution in [2.45, 2.75) is 37.5 Å². The molecular formula is C23H24N4OS. The lowest BCUT2D eigenvalue weighted by atomic mass is 9.83. The Labute approximate surface area is 174 Å². The first kappa shape index (κ1) is 20.8. The molecule has 0 fully saturated rings. The normalized spacial score (nSPS) is 13.6. The zero-order chi connectivity index (χ0) is 20.9. The Morgan fingerprint density at radius 2 is 1.55 bits per heavy atom. The average Bonchev–Trinajstić information content (AvgIpc) is 2.74. The van der Waals surface area contributed by atoms with E-state index in [4.69, 9.17) is 0 Å². The zero-order valence-corrected chi connectivity index (χ0v) is 17.6. The molecule has 2 heterocycles. The summed E-state index contributed by atoms with van der Waals surface area (Å²) in [5, 5.41) is 9.38. The fraction of sp³-hybridized carbons (Fsp3) is 0.261. The quantitative estimate of drug-likeness (QED) is 0.665. The molecule has 29 heavy (non-hydrogen) atoms. The van der Waals surface area contributed by atoms with E-state index in [0.717, 1.165) is 16.7 Å². The van der Waals surface area contributed by atoms with E-state index >= 15 is 0 Å². The SMILES string of the molecule is CC(C)(C)S(=O)NC(c1cccc(C#N)c1)C(c1cccnc1)c1cccnc1. The summed E-state index contributed by atoms with van der Waals surface area (Å²) in [6.45, 7) is 5.80. The first-order valence-corrected chi connectivity index (χ1v) is 10.5. The molecule has 0 amide bonds. The topological polar surface area (TPSA) is 78.7 Å². The molecule has 2 aromatic heterocycles. The molecule has 3 aromatic rings. The standard InChI is InChI=1S/C23H24N4OS/c1-23(2,3)29(28)27-22(18-8-4-7-17(13-18)14-24)21(19-9-5-11-25-15-19)20-10-6-12-26-16-20/h4-13,15-16,21-22,27H,1-3H3. The molecule has 0 bridgehead atoms. The summed E-state index contributed by atoms with van der Waals surface area (Å²) in [4.78, 5) is 8.58. The van der Waals surface area contributed by atoms with Crippen molar-refractivity contribution in [2.24, 2.45) is 0 Å². The predicted octanol–water partition coefficient (Wildman–Crippen LogP) is 4.27. The van der Waals surface area contributed by atoms with Crippen LogP contribution in [0.2, 0.25) is 0 Å². The average molecular weight is 405 g/mol. The Hall–Kier alpha value is -2.88. The second-order valence-electron chi connectivity index (χ2n) is 7.76.